The molecular formula is C16H20ClN3O2S. The van der Waals surface area contributed by atoms with Crippen LogP contribution in [0, 0.1) is 13.8 Å². The van der Waals surface area contributed by atoms with Crippen molar-refractivity contribution in [1.82, 2.24) is 15.0 Å². The molecule has 124 valence electrons. The van der Waals surface area contributed by atoms with Crippen LogP contribution in [0.2, 0.25) is 5.02 Å². The van der Waals surface area contributed by atoms with Gasteiger partial charge in [-0.25, -0.2) is 0 Å². The number of aromatic nitrogens is 1. The highest BCUT2D eigenvalue weighted by Crippen LogP contribution is 2.24. The maximum Gasteiger partial charge on any atom is 0.265 e. The van der Waals surface area contributed by atoms with Crippen LogP contribution in [0.5, 0.6) is 0 Å². The Hall–Kier alpha value is -1.37. The van der Waals surface area contributed by atoms with E-state index in [1.165, 1.54) is 11.3 Å². The maximum absolute atomic E-state index is 12.6. The smallest absolute Gasteiger partial charge is 0.265 e. The summed E-state index contributed by atoms with van der Waals surface area (Å²) in [5.41, 5.74) is 2.11. The van der Waals surface area contributed by atoms with E-state index in [0.717, 1.165) is 56.2 Å². The van der Waals surface area contributed by atoms with Gasteiger partial charge in [-0.1, -0.05) is 16.8 Å². The monoisotopic (exact) mass is 353 g/mol. The van der Waals surface area contributed by atoms with E-state index in [1.54, 1.807) is 6.07 Å². The fourth-order valence-electron chi connectivity index (χ4n) is 2.87. The zero-order chi connectivity index (χ0) is 16.4. The quantitative estimate of drug-likeness (QED) is 0.849. The average molecular weight is 354 g/mol. The topological polar surface area (TPSA) is 49.6 Å². The molecule has 0 atom stereocenters. The molecule has 2 aromatic rings. The Morgan fingerprint density at radius 1 is 1.35 bits per heavy atom. The number of thiophene rings is 1. The van der Waals surface area contributed by atoms with Crippen molar-refractivity contribution >= 4 is 28.8 Å². The Morgan fingerprint density at radius 3 is 2.83 bits per heavy atom. The standard InChI is InChI=1S/C16H20ClN3O2S/c1-11-13(12(2)22-18-11)10-19-5-3-6-20(8-7-19)16(21)15-14(17)4-9-23-15/h4,9H,3,5-8,10H2,1-2H3. The second-order valence-corrected chi connectivity index (χ2v) is 7.15. The van der Waals surface area contributed by atoms with Gasteiger partial charge in [-0.05, 0) is 31.7 Å². The molecule has 0 spiro atoms. The number of carbonyl (C=O) groups excluding carboxylic acids is 1. The Labute approximate surface area is 144 Å². The molecule has 3 heterocycles. The number of aryl methyl sites for hydroxylation is 2. The molecule has 1 saturated heterocycles. The molecule has 0 saturated carbocycles. The molecule has 0 aromatic carbocycles. The first kappa shape index (κ1) is 16.5. The third-order valence-electron chi connectivity index (χ3n) is 4.25. The van der Waals surface area contributed by atoms with Crippen molar-refractivity contribution in [2.75, 3.05) is 26.2 Å². The highest BCUT2D eigenvalue weighted by molar-refractivity contribution is 7.12. The normalized spacial score (nSPS) is 16.6. The lowest BCUT2D eigenvalue weighted by atomic mass is 10.2. The van der Waals surface area contributed by atoms with Gasteiger partial charge >= 0.3 is 0 Å². The van der Waals surface area contributed by atoms with Crippen LogP contribution in [0.25, 0.3) is 0 Å². The molecule has 2 aromatic heterocycles. The maximum atomic E-state index is 12.6. The third-order valence-corrected chi connectivity index (χ3v) is 5.58. The molecule has 5 nitrogen and oxygen atoms in total. The Morgan fingerprint density at radius 2 is 2.17 bits per heavy atom. The van der Waals surface area contributed by atoms with Crippen molar-refractivity contribution in [3.63, 3.8) is 0 Å². The third kappa shape index (κ3) is 3.59. The number of carbonyl (C=O) groups is 1. The summed E-state index contributed by atoms with van der Waals surface area (Å²) in [5, 5.41) is 6.42. The van der Waals surface area contributed by atoms with Crippen LogP contribution in [0.1, 0.15) is 33.1 Å². The molecule has 0 N–H and O–H groups in total. The van der Waals surface area contributed by atoms with E-state index in [2.05, 4.69) is 10.1 Å². The summed E-state index contributed by atoms with van der Waals surface area (Å²) in [4.78, 5) is 17.5. The largest absolute Gasteiger partial charge is 0.361 e. The summed E-state index contributed by atoms with van der Waals surface area (Å²) in [6, 6.07) is 1.78. The van der Waals surface area contributed by atoms with Crippen LogP contribution >= 0.6 is 22.9 Å². The van der Waals surface area contributed by atoms with Crippen molar-refractivity contribution in [3.05, 3.63) is 38.4 Å². The zero-order valence-corrected chi connectivity index (χ0v) is 14.9. The lowest BCUT2D eigenvalue weighted by Gasteiger charge is -2.21. The number of hydrogen-bond acceptors (Lipinski definition) is 5. The Balaban J connectivity index is 1.63. The van der Waals surface area contributed by atoms with Crippen LogP contribution in [0.15, 0.2) is 16.0 Å². The summed E-state index contributed by atoms with van der Waals surface area (Å²) in [5.74, 6) is 0.925. The number of nitrogens with zero attached hydrogens (tertiary/aromatic N) is 3. The molecule has 0 radical (unpaired) electrons. The van der Waals surface area contributed by atoms with Crippen LogP contribution in [0.4, 0.5) is 0 Å². The van der Waals surface area contributed by atoms with Gasteiger partial charge in [0, 0.05) is 38.3 Å². The summed E-state index contributed by atoms with van der Waals surface area (Å²) in [7, 11) is 0. The minimum absolute atomic E-state index is 0.0455. The number of amides is 1. The van der Waals surface area contributed by atoms with E-state index in [1.807, 2.05) is 24.1 Å². The SMILES string of the molecule is Cc1noc(C)c1CN1CCCN(C(=O)c2sccc2Cl)CC1. The lowest BCUT2D eigenvalue weighted by Crippen LogP contribution is -2.34. The van der Waals surface area contributed by atoms with Crippen molar-refractivity contribution in [3.8, 4) is 0 Å². The van der Waals surface area contributed by atoms with E-state index >= 15 is 0 Å². The summed E-state index contributed by atoms with van der Waals surface area (Å²) in [6.07, 6.45) is 0.956. The molecule has 1 fully saturated rings. The van der Waals surface area contributed by atoms with Crippen LogP contribution < -0.4 is 0 Å². The van der Waals surface area contributed by atoms with Gasteiger partial charge < -0.3 is 9.42 Å². The first-order chi connectivity index (χ1) is 11.1. The first-order valence-electron chi connectivity index (χ1n) is 7.72. The van der Waals surface area contributed by atoms with Gasteiger partial charge in [0.1, 0.15) is 10.6 Å². The second kappa shape index (κ2) is 7.03. The summed E-state index contributed by atoms with van der Waals surface area (Å²) in [6.45, 7) is 8.04. The van der Waals surface area contributed by atoms with Crippen molar-refractivity contribution in [1.29, 1.82) is 0 Å². The molecule has 23 heavy (non-hydrogen) atoms. The Kier molecular flexibility index (Phi) is 5.04. The van der Waals surface area contributed by atoms with E-state index in [0.29, 0.717) is 9.90 Å². The van der Waals surface area contributed by atoms with Crippen LogP contribution in [-0.4, -0.2) is 47.0 Å². The average Bonchev–Trinajstić information content (AvgIpc) is 2.99. The molecule has 7 heteroatoms. The zero-order valence-electron chi connectivity index (χ0n) is 13.3. The van der Waals surface area contributed by atoms with Gasteiger partial charge in [-0.15, -0.1) is 11.3 Å². The fourth-order valence-corrected chi connectivity index (χ4v) is 3.98. The van der Waals surface area contributed by atoms with Crippen LogP contribution in [-0.2, 0) is 6.54 Å². The predicted octanol–water partition coefficient (Wildman–Crippen LogP) is 3.35. The van der Waals surface area contributed by atoms with E-state index in [4.69, 9.17) is 16.1 Å². The molecule has 0 aliphatic carbocycles. The fraction of sp³-hybridized carbons (Fsp3) is 0.500. The second-order valence-electron chi connectivity index (χ2n) is 5.82. The van der Waals surface area contributed by atoms with Gasteiger partial charge in [-0.3, -0.25) is 9.69 Å². The molecule has 1 aliphatic heterocycles. The van der Waals surface area contributed by atoms with Gasteiger partial charge in [0.25, 0.3) is 5.91 Å². The van der Waals surface area contributed by atoms with Crippen molar-refractivity contribution in [2.45, 2.75) is 26.8 Å². The van der Waals surface area contributed by atoms with Crippen molar-refractivity contribution in [2.24, 2.45) is 0 Å². The van der Waals surface area contributed by atoms with Gasteiger partial charge in [-0.2, -0.15) is 0 Å². The lowest BCUT2D eigenvalue weighted by molar-refractivity contribution is 0.0766. The Bertz CT molecular complexity index is 678. The van der Waals surface area contributed by atoms with E-state index in [9.17, 15) is 4.79 Å². The minimum atomic E-state index is 0.0455. The summed E-state index contributed by atoms with van der Waals surface area (Å²) >= 11 is 7.50. The molecule has 1 aliphatic rings. The summed E-state index contributed by atoms with van der Waals surface area (Å²) < 4.78 is 5.24. The van der Waals surface area contributed by atoms with E-state index < -0.39 is 0 Å². The molecule has 1 amide bonds. The van der Waals surface area contributed by atoms with E-state index in [-0.39, 0.29) is 5.91 Å². The highest BCUT2D eigenvalue weighted by atomic mass is 35.5. The number of rotatable bonds is 3. The highest BCUT2D eigenvalue weighted by Gasteiger charge is 2.23. The van der Waals surface area contributed by atoms with Gasteiger partial charge in [0.15, 0.2) is 0 Å². The number of hydrogen-bond donors (Lipinski definition) is 0. The minimum Gasteiger partial charge on any atom is -0.361 e. The number of halogens is 1. The molecule has 3 rings (SSSR count). The van der Waals surface area contributed by atoms with Crippen LogP contribution in [0.3, 0.4) is 0 Å². The first-order valence-corrected chi connectivity index (χ1v) is 8.98. The molecule has 0 bridgehead atoms. The van der Waals surface area contributed by atoms with Crippen molar-refractivity contribution < 1.29 is 9.32 Å². The molecule has 0 unspecified atom stereocenters. The predicted molar refractivity (Wildman–Crippen MR) is 91.1 cm³/mol. The van der Waals surface area contributed by atoms with Gasteiger partial charge in [0.05, 0.1) is 10.7 Å². The van der Waals surface area contributed by atoms with Gasteiger partial charge in [0.2, 0.25) is 0 Å². The molecular weight excluding hydrogens is 334 g/mol.